The molecule has 1 heterocycles. The Morgan fingerprint density at radius 3 is 2.76 bits per heavy atom. The monoisotopic (exact) mass is 237 g/mol. The molecule has 2 rings (SSSR count). The number of piperidine rings is 1. The molecule has 90 valence electrons. The summed E-state index contributed by atoms with van der Waals surface area (Å²) in [6.45, 7) is 0. The molecule has 4 nitrogen and oxygen atoms in total. The third-order valence-electron chi connectivity index (χ3n) is 2.71. The van der Waals surface area contributed by atoms with Gasteiger partial charge in [-0.05, 0) is 6.07 Å². The van der Waals surface area contributed by atoms with Gasteiger partial charge in [0.1, 0.15) is 17.3 Å². The van der Waals surface area contributed by atoms with Crippen molar-refractivity contribution >= 4 is 11.7 Å². The number of amides is 1. The van der Waals surface area contributed by atoms with Crippen LogP contribution in [-0.4, -0.2) is 18.8 Å². The minimum Gasteiger partial charge on any atom is -0.497 e. The number of ketones is 1. The molecule has 0 saturated carbocycles. The highest BCUT2D eigenvalue weighted by atomic mass is 19.1. The summed E-state index contributed by atoms with van der Waals surface area (Å²) < 4.78 is 18.6. The number of carbonyl (C=O) groups excluding carboxylic acids is 2. The number of halogens is 1. The minimum absolute atomic E-state index is 0.117. The molecule has 0 radical (unpaired) electrons. The first-order valence-electron chi connectivity index (χ1n) is 5.24. The number of hydrogen-bond acceptors (Lipinski definition) is 3. The van der Waals surface area contributed by atoms with E-state index in [9.17, 15) is 14.0 Å². The summed E-state index contributed by atoms with van der Waals surface area (Å²) in [5.41, 5.74) is 0.312. The minimum atomic E-state index is -0.574. The van der Waals surface area contributed by atoms with Crippen molar-refractivity contribution in [3.63, 3.8) is 0 Å². The first kappa shape index (κ1) is 11.6. The van der Waals surface area contributed by atoms with E-state index in [-0.39, 0.29) is 24.5 Å². The van der Waals surface area contributed by atoms with E-state index >= 15 is 0 Å². The quantitative estimate of drug-likeness (QED) is 0.790. The lowest BCUT2D eigenvalue weighted by atomic mass is 9.96. The van der Waals surface area contributed by atoms with Gasteiger partial charge >= 0.3 is 0 Å². The van der Waals surface area contributed by atoms with Crippen molar-refractivity contribution in [1.29, 1.82) is 0 Å². The van der Waals surface area contributed by atoms with Gasteiger partial charge in [0.15, 0.2) is 0 Å². The Kier molecular flexibility index (Phi) is 3.08. The van der Waals surface area contributed by atoms with E-state index in [1.165, 1.54) is 19.2 Å². The van der Waals surface area contributed by atoms with E-state index in [4.69, 9.17) is 4.74 Å². The van der Waals surface area contributed by atoms with Crippen LogP contribution >= 0.6 is 0 Å². The molecule has 1 N–H and O–H groups in total. The molecular weight excluding hydrogens is 225 g/mol. The highest BCUT2D eigenvalue weighted by molar-refractivity contribution is 6.00. The maximum Gasteiger partial charge on any atom is 0.227 e. The summed E-state index contributed by atoms with van der Waals surface area (Å²) in [5.74, 6) is -0.612. The molecule has 0 aliphatic carbocycles. The maximum absolute atomic E-state index is 13.7. The Morgan fingerprint density at radius 1 is 1.41 bits per heavy atom. The fourth-order valence-electron chi connectivity index (χ4n) is 1.88. The Balaban J connectivity index is 2.27. The van der Waals surface area contributed by atoms with Gasteiger partial charge in [-0.3, -0.25) is 9.59 Å². The number of hydrogen-bond donors (Lipinski definition) is 1. The molecule has 1 fully saturated rings. The zero-order chi connectivity index (χ0) is 12.4. The molecule has 5 heteroatoms. The molecule has 1 aliphatic rings. The van der Waals surface area contributed by atoms with Gasteiger partial charge in [-0.15, -0.1) is 0 Å². The second-order valence-corrected chi connectivity index (χ2v) is 3.93. The zero-order valence-electron chi connectivity index (χ0n) is 9.33. The van der Waals surface area contributed by atoms with E-state index < -0.39 is 11.9 Å². The second kappa shape index (κ2) is 4.53. The van der Waals surface area contributed by atoms with Crippen LogP contribution in [0.4, 0.5) is 4.39 Å². The van der Waals surface area contributed by atoms with Crippen LogP contribution in [0.5, 0.6) is 5.75 Å². The van der Waals surface area contributed by atoms with Gasteiger partial charge in [0.25, 0.3) is 0 Å². The average Bonchev–Trinajstić information content (AvgIpc) is 2.27. The number of ether oxygens (including phenoxy) is 1. The Labute approximate surface area is 97.8 Å². The van der Waals surface area contributed by atoms with Crippen LogP contribution in [0.25, 0.3) is 0 Å². The molecule has 17 heavy (non-hydrogen) atoms. The first-order valence-corrected chi connectivity index (χ1v) is 5.24. The van der Waals surface area contributed by atoms with E-state index in [0.29, 0.717) is 11.3 Å². The number of nitrogens with one attached hydrogen (secondary N) is 1. The standard InChI is InChI=1S/C12H12FNO3/c1-17-8-2-3-9(10(13)6-8)11-4-7(15)5-12(16)14-11/h2-3,6,11H,4-5H2,1H3,(H,14,16). The SMILES string of the molecule is COc1ccc(C2CC(=O)CC(=O)N2)c(F)c1. The van der Waals surface area contributed by atoms with Crippen molar-refractivity contribution in [3.8, 4) is 5.75 Å². The van der Waals surface area contributed by atoms with Crippen molar-refractivity contribution < 1.29 is 18.7 Å². The van der Waals surface area contributed by atoms with Gasteiger partial charge in [0.05, 0.1) is 19.6 Å². The van der Waals surface area contributed by atoms with Crippen LogP contribution < -0.4 is 10.1 Å². The van der Waals surface area contributed by atoms with Crippen LogP contribution in [0, 0.1) is 5.82 Å². The molecule has 1 aliphatic heterocycles. The van der Waals surface area contributed by atoms with Crippen LogP contribution in [0.3, 0.4) is 0 Å². The van der Waals surface area contributed by atoms with E-state index in [0.717, 1.165) is 0 Å². The lowest BCUT2D eigenvalue weighted by molar-refractivity contribution is -0.132. The summed E-state index contributed by atoms with van der Waals surface area (Å²) in [6.07, 6.45) is 0.0171. The van der Waals surface area contributed by atoms with E-state index in [1.807, 2.05) is 0 Å². The Bertz CT molecular complexity index is 457. The molecule has 1 atom stereocenters. The van der Waals surface area contributed by atoms with Crippen LogP contribution in [0.15, 0.2) is 18.2 Å². The molecule has 1 aromatic carbocycles. The van der Waals surface area contributed by atoms with Crippen molar-refractivity contribution in [2.24, 2.45) is 0 Å². The maximum atomic E-state index is 13.7. The molecule has 1 amide bonds. The second-order valence-electron chi connectivity index (χ2n) is 3.93. The van der Waals surface area contributed by atoms with Gasteiger partial charge in [0.2, 0.25) is 5.91 Å². The highest BCUT2D eigenvalue weighted by Crippen LogP contribution is 2.26. The Morgan fingerprint density at radius 2 is 2.18 bits per heavy atom. The fourth-order valence-corrected chi connectivity index (χ4v) is 1.88. The van der Waals surface area contributed by atoms with Gasteiger partial charge in [-0.25, -0.2) is 4.39 Å². The smallest absolute Gasteiger partial charge is 0.227 e. The van der Waals surface area contributed by atoms with Crippen LogP contribution in [0.1, 0.15) is 24.4 Å². The number of Topliss-reactive ketones (excluding diaryl/α,β-unsaturated/α-hetero) is 1. The van der Waals surface area contributed by atoms with Crippen LogP contribution in [-0.2, 0) is 9.59 Å². The highest BCUT2D eigenvalue weighted by Gasteiger charge is 2.27. The molecule has 0 aromatic heterocycles. The number of methoxy groups -OCH3 is 1. The summed E-state index contributed by atoms with van der Waals surface area (Å²) in [6, 6.07) is 3.79. The molecule has 0 bridgehead atoms. The van der Waals surface area contributed by atoms with Gasteiger partial charge < -0.3 is 10.1 Å². The third-order valence-corrected chi connectivity index (χ3v) is 2.71. The normalized spacial score (nSPS) is 20.0. The Hall–Kier alpha value is -1.91. The zero-order valence-corrected chi connectivity index (χ0v) is 9.33. The molecule has 0 spiro atoms. The largest absolute Gasteiger partial charge is 0.497 e. The van der Waals surface area contributed by atoms with Crippen molar-refractivity contribution in [1.82, 2.24) is 5.32 Å². The first-order chi connectivity index (χ1) is 8.10. The van der Waals surface area contributed by atoms with Crippen molar-refractivity contribution in [3.05, 3.63) is 29.6 Å². The molecule has 1 unspecified atom stereocenters. The summed E-state index contributed by atoms with van der Waals surface area (Å²) in [7, 11) is 1.44. The summed E-state index contributed by atoms with van der Waals surface area (Å²) in [5, 5.41) is 2.60. The predicted octanol–water partition coefficient (Wildman–Crippen LogP) is 1.35. The molecule has 1 saturated heterocycles. The van der Waals surface area contributed by atoms with Gasteiger partial charge in [-0.2, -0.15) is 0 Å². The summed E-state index contributed by atoms with van der Waals surface area (Å²) >= 11 is 0. The number of benzene rings is 1. The molecule has 1 aromatic rings. The number of carbonyl (C=O) groups is 2. The molecular formula is C12H12FNO3. The van der Waals surface area contributed by atoms with E-state index in [2.05, 4.69) is 5.32 Å². The van der Waals surface area contributed by atoms with Gasteiger partial charge in [-0.1, -0.05) is 6.07 Å². The average molecular weight is 237 g/mol. The predicted molar refractivity (Wildman–Crippen MR) is 58.1 cm³/mol. The van der Waals surface area contributed by atoms with Crippen LogP contribution in [0.2, 0.25) is 0 Å². The van der Waals surface area contributed by atoms with E-state index in [1.54, 1.807) is 6.07 Å². The van der Waals surface area contributed by atoms with Gasteiger partial charge in [0, 0.05) is 18.1 Å². The summed E-state index contributed by atoms with van der Waals surface area (Å²) in [4.78, 5) is 22.5. The number of rotatable bonds is 2. The fraction of sp³-hybridized carbons (Fsp3) is 0.333. The van der Waals surface area contributed by atoms with Crippen molar-refractivity contribution in [2.45, 2.75) is 18.9 Å². The topological polar surface area (TPSA) is 55.4 Å². The van der Waals surface area contributed by atoms with Crippen molar-refractivity contribution in [2.75, 3.05) is 7.11 Å². The third kappa shape index (κ3) is 2.43. The lowest BCUT2D eigenvalue weighted by Gasteiger charge is -2.23. The lowest BCUT2D eigenvalue weighted by Crippen LogP contribution is -2.37.